The second kappa shape index (κ2) is 6.59. The number of rotatable bonds is 5. The minimum atomic E-state index is -0.256. The third-order valence-electron chi connectivity index (χ3n) is 2.40. The van der Waals surface area contributed by atoms with Crippen molar-refractivity contribution < 1.29 is 9.53 Å². The summed E-state index contributed by atoms with van der Waals surface area (Å²) in [6.07, 6.45) is 2.69. The van der Waals surface area contributed by atoms with Crippen LogP contribution in [0.4, 0.5) is 5.82 Å². The monoisotopic (exact) mass is 300 g/mol. The number of halogens is 1. The maximum absolute atomic E-state index is 11.4. The van der Waals surface area contributed by atoms with Crippen molar-refractivity contribution >= 4 is 27.7 Å². The van der Waals surface area contributed by atoms with E-state index in [1.807, 2.05) is 17.9 Å². The number of aromatic nitrogens is 1. The number of nitrogens with zero attached hydrogens (tertiary/aromatic N) is 2. The van der Waals surface area contributed by atoms with Gasteiger partial charge in [-0.15, -0.1) is 0 Å². The highest BCUT2D eigenvalue weighted by atomic mass is 79.9. The molecular formula is C12H17BrN2O2. The van der Waals surface area contributed by atoms with E-state index in [0.29, 0.717) is 0 Å². The van der Waals surface area contributed by atoms with Crippen molar-refractivity contribution in [2.45, 2.75) is 20.3 Å². The van der Waals surface area contributed by atoms with Crippen LogP contribution in [-0.4, -0.2) is 31.2 Å². The molecule has 94 valence electrons. The summed E-state index contributed by atoms with van der Waals surface area (Å²) in [4.78, 5) is 17.6. The molecule has 0 saturated carbocycles. The van der Waals surface area contributed by atoms with E-state index in [0.717, 1.165) is 28.8 Å². The molecule has 0 spiro atoms. The minimum Gasteiger partial charge on any atom is -0.468 e. The first-order valence-electron chi connectivity index (χ1n) is 5.53. The van der Waals surface area contributed by atoms with Gasteiger partial charge in [0.1, 0.15) is 12.4 Å². The smallest absolute Gasteiger partial charge is 0.325 e. The van der Waals surface area contributed by atoms with Crippen molar-refractivity contribution in [3.63, 3.8) is 0 Å². The fourth-order valence-electron chi connectivity index (χ4n) is 1.50. The highest BCUT2D eigenvalue weighted by Crippen LogP contribution is 2.26. The molecule has 1 aromatic rings. The molecule has 0 atom stereocenters. The fraction of sp³-hybridized carbons (Fsp3) is 0.500. The summed E-state index contributed by atoms with van der Waals surface area (Å²) in [6.45, 7) is 5.05. The molecule has 5 heteroatoms. The van der Waals surface area contributed by atoms with Gasteiger partial charge in [-0.3, -0.25) is 4.79 Å². The number of carbonyl (C=O) groups excluding carboxylic acids is 1. The van der Waals surface area contributed by atoms with Crippen LogP contribution in [0.3, 0.4) is 0 Å². The van der Waals surface area contributed by atoms with Crippen LogP contribution in [0.25, 0.3) is 0 Å². The first kappa shape index (κ1) is 14.0. The minimum absolute atomic E-state index is 0.222. The highest BCUT2D eigenvalue weighted by Gasteiger charge is 2.15. The van der Waals surface area contributed by atoms with Gasteiger partial charge in [0.15, 0.2) is 0 Å². The summed E-state index contributed by atoms with van der Waals surface area (Å²) in [5.74, 6) is 0.533. The van der Waals surface area contributed by atoms with Gasteiger partial charge in [0.25, 0.3) is 0 Å². The molecule has 1 aromatic heterocycles. The third kappa shape index (κ3) is 3.70. The molecule has 1 heterocycles. The lowest BCUT2D eigenvalue weighted by molar-refractivity contribution is -0.138. The summed E-state index contributed by atoms with van der Waals surface area (Å²) < 4.78 is 5.62. The van der Waals surface area contributed by atoms with E-state index < -0.39 is 0 Å². The number of anilines is 1. The van der Waals surface area contributed by atoms with Crippen molar-refractivity contribution in [1.82, 2.24) is 4.98 Å². The van der Waals surface area contributed by atoms with Crippen LogP contribution in [0.5, 0.6) is 0 Å². The number of pyridine rings is 1. The van der Waals surface area contributed by atoms with Crippen LogP contribution >= 0.6 is 15.9 Å². The largest absolute Gasteiger partial charge is 0.468 e. The van der Waals surface area contributed by atoms with Gasteiger partial charge in [0, 0.05) is 12.7 Å². The zero-order chi connectivity index (χ0) is 12.8. The van der Waals surface area contributed by atoms with E-state index in [1.165, 1.54) is 7.11 Å². The molecule has 0 saturated heterocycles. The Morgan fingerprint density at radius 1 is 1.59 bits per heavy atom. The molecule has 0 fully saturated rings. The Hall–Kier alpha value is -1.10. The van der Waals surface area contributed by atoms with E-state index >= 15 is 0 Å². The number of hydrogen-bond donors (Lipinski definition) is 0. The summed E-state index contributed by atoms with van der Waals surface area (Å²) in [5, 5.41) is 0. The predicted octanol–water partition coefficient (Wildman–Crippen LogP) is 2.54. The van der Waals surface area contributed by atoms with Gasteiger partial charge < -0.3 is 9.64 Å². The van der Waals surface area contributed by atoms with Crippen molar-refractivity contribution in [3.05, 3.63) is 22.3 Å². The maximum Gasteiger partial charge on any atom is 0.325 e. The van der Waals surface area contributed by atoms with Gasteiger partial charge in [0.05, 0.1) is 11.6 Å². The zero-order valence-corrected chi connectivity index (χ0v) is 12.0. The lowest BCUT2D eigenvalue weighted by Crippen LogP contribution is -2.32. The van der Waals surface area contributed by atoms with Gasteiger partial charge in [-0.05, 0) is 40.9 Å². The predicted molar refractivity (Wildman–Crippen MR) is 71.2 cm³/mol. The Balaban J connectivity index is 2.96. The third-order valence-corrected chi connectivity index (χ3v) is 3.38. The van der Waals surface area contributed by atoms with E-state index in [-0.39, 0.29) is 12.5 Å². The Morgan fingerprint density at radius 2 is 2.29 bits per heavy atom. The second-order valence-electron chi connectivity index (χ2n) is 3.76. The Kier molecular flexibility index (Phi) is 5.41. The first-order valence-corrected chi connectivity index (χ1v) is 6.32. The summed E-state index contributed by atoms with van der Waals surface area (Å²) in [6, 6.07) is 1.93. The number of carbonyl (C=O) groups is 1. The Labute approximate surface area is 110 Å². The quantitative estimate of drug-likeness (QED) is 0.784. The fourth-order valence-corrected chi connectivity index (χ4v) is 1.98. The van der Waals surface area contributed by atoms with Gasteiger partial charge in [-0.2, -0.15) is 0 Å². The van der Waals surface area contributed by atoms with Gasteiger partial charge in [-0.1, -0.05) is 6.92 Å². The summed E-state index contributed by atoms with van der Waals surface area (Å²) in [7, 11) is 1.39. The molecule has 0 N–H and O–H groups in total. The van der Waals surface area contributed by atoms with Crippen molar-refractivity contribution in [3.8, 4) is 0 Å². The molecule has 0 aliphatic heterocycles. The SMILES string of the molecule is CCCN(CC(=O)OC)c1nccc(C)c1Br. The molecule has 0 unspecified atom stereocenters. The molecule has 0 bridgehead atoms. The van der Waals surface area contributed by atoms with Crippen LogP contribution in [0.1, 0.15) is 18.9 Å². The van der Waals surface area contributed by atoms with Gasteiger partial charge in [-0.25, -0.2) is 4.98 Å². The standard InChI is InChI=1S/C12H17BrN2O2/c1-4-7-15(8-10(16)17-3)12-11(13)9(2)5-6-14-12/h5-6H,4,7-8H2,1-3H3. The lowest BCUT2D eigenvalue weighted by Gasteiger charge is -2.23. The Morgan fingerprint density at radius 3 is 2.88 bits per heavy atom. The number of ether oxygens (including phenoxy) is 1. The normalized spacial score (nSPS) is 10.1. The molecule has 0 amide bonds. The average Bonchev–Trinajstić information content (AvgIpc) is 2.32. The molecule has 1 rings (SSSR count). The molecule has 0 aliphatic carbocycles. The first-order chi connectivity index (χ1) is 8.10. The van der Waals surface area contributed by atoms with Crippen LogP contribution in [-0.2, 0) is 9.53 Å². The summed E-state index contributed by atoms with van der Waals surface area (Å²) in [5.41, 5.74) is 1.10. The van der Waals surface area contributed by atoms with Gasteiger partial charge in [0.2, 0.25) is 0 Å². The zero-order valence-electron chi connectivity index (χ0n) is 10.4. The lowest BCUT2D eigenvalue weighted by atomic mass is 10.3. The maximum atomic E-state index is 11.4. The molecule has 0 aliphatic rings. The topological polar surface area (TPSA) is 42.4 Å². The van der Waals surface area contributed by atoms with E-state index in [2.05, 4.69) is 27.8 Å². The molecule has 17 heavy (non-hydrogen) atoms. The van der Waals surface area contributed by atoms with Crippen LogP contribution in [0.15, 0.2) is 16.7 Å². The Bertz CT molecular complexity index is 396. The molecule has 4 nitrogen and oxygen atoms in total. The summed E-state index contributed by atoms with van der Waals surface area (Å²) >= 11 is 3.51. The molecule has 0 aromatic carbocycles. The van der Waals surface area contributed by atoms with E-state index in [4.69, 9.17) is 4.74 Å². The number of esters is 1. The van der Waals surface area contributed by atoms with E-state index in [1.54, 1.807) is 6.20 Å². The highest BCUT2D eigenvalue weighted by molar-refractivity contribution is 9.10. The van der Waals surface area contributed by atoms with Crippen LogP contribution in [0.2, 0.25) is 0 Å². The number of aryl methyl sites for hydroxylation is 1. The molecule has 0 radical (unpaired) electrons. The van der Waals surface area contributed by atoms with Crippen molar-refractivity contribution in [2.24, 2.45) is 0 Å². The number of methoxy groups -OCH3 is 1. The average molecular weight is 301 g/mol. The van der Waals surface area contributed by atoms with Gasteiger partial charge >= 0.3 is 5.97 Å². The van der Waals surface area contributed by atoms with E-state index in [9.17, 15) is 4.79 Å². The second-order valence-corrected chi connectivity index (χ2v) is 4.56. The number of hydrogen-bond acceptors (Lipinski definition) is 4. The van der Waals surface area contributed by atoms with Crippen molar-refractivity contribution in [2.75, 3.05) is 25.1 Å². The van der Waals surface area contributed by atoms with Crippen LogP contribution in [0, 0.1) is 6.92 Å². The van der Waals surface area contributed by atoms with Crippen molar-refractivity contribution in [1.29, 1.82) is 0 Å². The molecular weight excluding hydrogens is 284 g/mol. The van der Waals surface area contributed by atoms with Crippen LogP contribution < -0.4 is 4.90 Å².